The standard InChI is InChI=1S/C13H19FN2O/c1-16(12-3-2-4-15-8-12)9-10-5-11(14)7-13(17)6-10/h5-7,12,15,17H,2-4,8-9H2,1H3. The molecule has 0 spiro atoms. The molecule has 3 nitrogen and oxygen atoms in total. The fraction of sp³-hybridized carbons (Fsp3) is 0.538. The van der Waals surface area contributed by atoms with Crippen LogP contribution in [0.5, 0.6) is 5.75 Å². The largest absolute Gasteiger partial charge is 0.508 e. The highest BCUT2D eigenvalue weighted by atomic mass is 19.1. The van der Waals surface area contributed by atoms with Gasteiger partial charge in [0.15, 0.2) is 0 Å². The predicted octanol–water partition coefficient (Wildman–Crippen LogP) is 1.72. The van der Waals surface area contributed by atoms with Gasteiger partial charge < -0.3 is 10.4 Å². The van der Waals surface area contributed by atoms with E-state index in [0.29, 0.717) is 12.6 Å². The van der Waals surface area contributed by atoms with Crippen LogP contribution in [0.25, 0.3) is 0 Å². The first-order valence-corrected chi connectivity index (χ1v) is 6.04. The van der Waals surface area contributed by atoms with Crippen molar-refractivity contribution in [3.8, 4) is 5.75 Å². The number of rotatable bonds is 3. The molecule has 0 amide bonds. The minimum atomic E-state index is -0.379. The van der Waals surface area contributed by atoms with Gasteiger partial charge in [0.2, 0.25) is 0 Å². The Bertz CT molecular complexity index is 357. The fourth-order valence-corrected chi connectivity index (χ4v) is 2.35. The van der Waals surface area contributed by atoms with Gasteiger partial charge in [-0.15, -0.1) is 0 Å². The zero-order valence-corrected chi connectivity index (χ0v) is 10.1. The lowest BCUT2D eigenvalue weighted by molar-refractivity contribution is 0.195. The Morgan fingerprint density at radius 3 is 2.94 bits per heavy atom. The molecule has 1 heterocycles. The highest BCUT2D eigenvalue weighted by Crippen LogP contribution is 2.18. The van der Waals surface area contributed by atoms with E-state index in [4.69, 9.17) is 0 Å². The SMILES string of the molecule is CN(Cc1cc(O)cc(F)c1)C1CCCNC1. The van der Waals surface area contributed by atoms with E-state index in [2.05, 4.69) is 10.2 Å². The van der Waals surface area contributed by atoms with Crippen LogP contribution in [0.2, 0.25) is 0 Å². The van der Waals surface area contributed by atoms with Crippen LogP contribution in [0.3, 0.4) is 0 Å². The molecule has 1 fully saturated rings. The number of halogens is 1. The van der Waals surface area contributed by atoms with E-state index in [1.807, 2.05) is 7.05 Å². The second kappa shape index (κ2) is 5.47. The molecule has 94 valence electrons. The molecule has 0 radical (unpaired) electrons. The van der Waals surface area contributed by atoms with Crippen molar-refractivity contribution in [2.45, 2.75) is 25.4 Å². The molecule has 1 aliphatic heterocycles. The van der Waals surface area contributed by atoms with E-state index in [1.54, 1.807) is 6.07 Å². The van der Waals surface area contributed by atoms with E-state index < -0.39 is 0 Å². The van der Waals surface area contributed by atoms with E-state index in [1.165, 1.54) is 18.9 Å². The van der Waals surface area contributed by atoms with Crippen LogP contribution >= 0.6 is 0 Å². The Morgan fingerprint density at radius 2 is 2.29 bits per heavy atom. The highest BCUT2D eigenvalue weighted by Gasteiger charge is 2.17. The molecule has 1 aliphatic rings. The summed E-state index contributed by atoms with van der Waals surface area (Å²) >= 11 is 0. The average Bonchev–Trinajstić information content (AvgIpc) is 2.28. The number of phenolic OH excluding ortho intramolecular Hbond substituents is 1. The van der Waals surface area contributed by atoms with Crippen LogP contribution in [0, 0.1) is 5.82 Å². The molecule has 1 saturated heterocycles. The minimum absolute atomic E-state index is 0.00447. The number of benzene rings is 1. The van der Waals surface area contributed by atoms with Crippen LogP contribution in [0.1, 0.15) is 18.4 Å². The number of aromatic hydroxyl groups is 1. The molecule has 2 rings (SSSR count). The first kappa shape index (κ1) is 12.3. The van der Waals surface area contributed by atoms with Gasteiger partial charge in [0.1, 0.15) is 11.6 Å². The van der Waals surface area contributed by atoms with Gasteiger partial charge >= 0.3 is 0 Å². The smallest absolute Gasteiger partial charge is 0.127 e. The van der Waals surface area contributed by atoms with Crippen molar-refractivity contribution in [3.63, 3.8) is 0 Å². The number of nitrogens with zero attached hydrogens (tertiary/aromatic N) is 1. The molecule has 0 aromatic heterocycles. The van der Waals surface area contributed by atoms with Crippen LogP contribution in [0.4, 0.5) is 4.39 Å². The van der Waals surface area contributed by atoms with E-state index in [-0.39, 0.29) is 11.6 Å². The summed E-state index contributed by atoms with van der Waals surface area (Å²) in [6.07, 6.45) is 2.36. The van der Waals surface area contributed by atoms with Crippen molar-refractivity contribution in [2.24, 2.45) is 0 Å². The molecule has 0 bridgehead atoms. The van der Waals surface area contributed by atoms with Gasteiger partial charge in [-0.1, -0.05) is 0 Å². The molecule has 0 saturated carbocycles. The Kier molecular flexibility index (Phi) is 3.97. The quantitative estimate of drug-likeness (QED) is 0.841. The number of likely N-dealkylation sites (N-methyl/N-ethyl adjacent to an activating group) is 1. The number of hydrogen-bond donors (Lipinski definition) is 2. The maximum Gasteiger partial charge on any atom is 0.127 e. The maximum atomic E-state index is 13.1. The van der Waals surface area contributed by atoms with Crippen molar-refractivity contribution in [3.05, 3.63) is 29.6 Å². The van der Waals surface area contributed by atoms with Gasteiger partial charge in [0, 0.05) is 25.2 Å². The van der Waals surface area contributed by atoms with Crippen molar-refractivity contribution in [2.75, 3.05) is 20.1 Å². The average molecular weight is 238 g/mol. The van der Waals surface area contributed by atoms with Crippen LogP contribution in [-0.2, 0) is 6.54 Å². The van der Waals surface area contributed by atoms with Gasteiger partial charge in [0.05, 0.1) is 0 Å². The summed E-state index contributed by atoms with van der Waals surface area (Å²) in [6, 6.07) is 4.72. The van der Waals surface area contributed by atoms with Crippen LogP contribution in [-0.4, -0.2) is 36.2 Å². The summed E-state index contributed by atoms with van der Waals surface area (Å²) in [7, 11) is 2.04. The lowest BCUT2D eigenvalue weighted by Gasteiger charge is -2.31. The third-order valence-corrected chi connectivity index (χ3v) is 3.27. The maximum absolute atomic E-state index is 13.1. The van der Waals surface area contributed by atoms with Crippen molar-refractivity contribution in [1.29, 1.82) is 0 Å². The Labute approximate surface area is 101 Å². The minimum Gasteiger partial charge on any atom is -0.508 e. The Hall–Kier alpha value is -1.13. The first-order chi connectivity index (χ1) is 8.15. The van der Waals surface area contributed by atoms with Gasteiger partial charge in [-0.3, -0.25) is 4.90 Å². The molecular weight excluding hydrogens is 219 g/mol. The van der Waals surface area contributed by atoms with Crippen molar-refractivity contribution >= 4 is 0 Å². The monoisotopic (exact) mass is 238 g/mol. The first-order valence-electron chi connectivity index (χ1n) is 6.04. The fourth-order valence-electron chi connectivity index (χ4n) is 2.35. The Balaban J connectivity index is 1.99. The van der Waals surface area contributed by atoms with Crippen LogP contribution in [0.15, 0.2) is 18.2 Å². The summed E-state index contributed by atoms with van der Waals surface area (Å²) < 4.78 is 13.1. The number of hydrogen-bond acceptors (Lipinski definition) is 3. The Morgan fingerprint density at radius 1 is 1.47 bits per heavy atom. The summed E-state index contributed by atoms with van der Waals surface area (Å²) in [5.41, 5.74) is 0.815. The summed E-state index contributed by atoms with van der Waals surface area (Å²) in [5.74, 6) is -0.384. The predicted molar refractivity (Wildman–Crippen MR) is 65.4 cm³/mol. The summed E-state index contributed by atoms with van der Waals surface area (Å²) in [5, 5.41) is 12.7. The second-order valence-electron chi connectivity index (χ2n) is 4.73. The van der Waals surface area contributed by atoms with Gasteiger partial charge in [0.25, 0.3) is 0 Å². The molecule has 1 aromatic rings. The van der Waals surface area contributed by atoms with Crippen molar-refractivity contribution in [1.82, 2.24) is 10.2 Å². The molecule has 0 aliphatic carbocycles. The number of phenols is 1. The lowest BCUT2D eigenvalue weighted by Crippen LogP contribution is -2.43. The molecule has 2 N–H and O–H groups in total. The molecule has 1 atom stereocenters. The normalized spacial score (nSPS) is 20.8. The number of piperidine rings is 1. The molecule has 17 heavy (non-hydrogen) atoms. The van der Waals surface area contributed by atoms with E-state index in [9.17, 15) is 9.50 Å². The van der Waals surface area contributed by atoms with Crippen LogP contribution < -0.4 is 5.32 Å². The highest BCUT2D eigenvalue weighted by molar-refractivity contribution is 5.28. The molecular formula is C13H19FN2O. The molecule has 4 heteroatoms. The zero-order valence-electron chi connectivity index (χ0n) is 10.1. The van der Waals surface area contributed by atoms with E-state index in [0.717, 1.165) is 24.7 Å². The summed E-state index contributed by atoms with van der Waals surface area (Å²) in [6.45, 7) is 2.74. The molecule has 1 aromatic carbocycles. The topological polar surface area (TPSA) is 35.5 Å². The van der Waals surface area contributed by atoms with Gasteiger partial charge in [-0.05, 0) is 44.1 Å². The number of nitrogens with one attached hydrogen (secondary N) is 1. The zero-order chi connectivity index (χ0) is 12.3. The second-order valence-corrected chi connectivity index (χ2v) is 4.73. The third kappa shape index (κ3) is 3.41. The van der Waals surface area contributed by atoms with E-state index >= 15 is 0 Å². The molecule has 1 unspecified atom stereocenters. The lowest BCUT2D eigenvalue weighted by atomic mass is 10.1. The summed E-state index contributed by atoms with van der Waals surface area (Å²) in [4.78, 5) is 2.21. The van der Waals surface area contributed by atoms with Crippen molar-refractivity contribution < 1.29 is 9.50 Å². The van der Waals surface area contributed by atoms with Gasteiger partial charge in [-0.25, -0.2) is 4.39 Å². The third-order valence-electron chi connectivity index (χ3n) is 3.27. The van der Waals surface area contributed by atoms with Gasteiger partial charge in [-0.2, -0.15) is 0 Å².